The molecule has 0 radical (unpaired) electrons. The molecular formula is C16H28N2O. The summed E-state index contributed by atoms with van der Waals surface area (Å²) in [4.78, 5) is 15.1. The van der Waals surface area contributed by atoms with Gasteiger partial charge in [-0.3, -0.25) is 4.79 Å². The van der Waals surface area contributed by atoms with Gasteiger partial charge >= 0.3 is 0 Å². The molecule has 3 aliphatic rings. The number of fused-ring (bicyclic) bond motifs is 1. The SMILES string of the molecule is CC1CC(C)C(C)N(C(=O)C2NCC3CCCC32)C1. The van der Waals surface area contributed by atoms with Gasteiger partial charge in [-0.05, 0) is 56.4 Å². The molecule has 3 fully saturated rings. The monoisotopic (exact) mass is 264 g/mol. The summed E-state index contributed by atoms with van der Waals surface area (Å²) in [5.74, 6) is 3.06. The first kappa shape index (κ1) is 13.4. The number of carbonyl (C=O) groups is 1. The standard InChI is InChI=1S/C16H28N2O/c1-10-7-11(2)12(3)18(9-10)16(19)15-14-6-4-5-13(14)8-17-15/h10-15,17H,4-9H2,1-3H3. The predicted octanol–water partition coefficient (Wildman–Crippen LogP) is 2.27. The van der Waals surface area contributed by atoms with Crippen LogP contribution in [0.1, 0.15) is 46.5 Å². The van der Waals surface area contributed by atoms with E-state index in [1.165, 1.54) is 25.7 Å². The molecule has 3 rings (SSSR count). The molecule has 2 aliphatic heterocycles. The van der Waals surface area contributed by atoms with Crippen molar-refractivity contribution in [2.75, 3.05) is 13.1 Å². The van der Waals surface area contributed by atoms with E-state index >= 15 is 0 Å². The average molecular weight is 264 g/mol. The van der Waals surface area contributed by atoms with Crippen LogP contribution in [0, 0.1) is 23.7 Å². The van der Waals surface area contributed by atoms with Gasteiger partial charge < -0.3 is 10.2 Å². The van der Waals surface area contributed by atoms with E-state index in [0.29, 0.717) is 29.7 Å². The lowest BCUT2D eigenvalue weighted by Crippen LogP contribution is -2.55. The highest BCUT2D eigenvalue weighted by atomic mass is 16.2. The van der Waals surface area contributed by atoms with Crippen LogP contribution in [0.4, 0.5) is 0 Å². The van der Waals surface area contributed by atoms with E-state index in [4.69, 9.17) is 0 Å². The first-order valence-electron chi connectivity index (χ1n) is 8.11. The largest absolute Gasteiger partial charge is 0.338 e. The van der Waals surface area contributed by atoms with Gasteiger partial charge in [0.1, 0.15) is 0 Å². The number of hydrogen-bond donors (Lipinski definition) is 1. The Labute approximate surface area is 117 Å². The maximum absolute atomic E-state index is 12.9. The van der Waals surface area contributed by atoms with Crippen LogP contribution in [0.25, 0.3) is 0 Å². The fourth-order valence-electron chi connectivity index (χ4n) is 4.64. The van der Waals surface area contributed by atoms with Gasteiger partial charge in [0.05, 0.1) is 6.04 Å². The second-order valence-electron chi connectivity index (χ2n) is 7.29. The Balaban J connectivity index is 1.72. The lowest BCUT2D eigenvalue weighted by molar-refractivity contribution is -0.140. The summed E-state index contributed by atoms with van der Waals surface area (Å²) >= 11 is 0. The Morgan fingerprint density at radius 3 is 2.79 bits per heavy atom. The van der Waals surface area contributed by atoms with Gasteiger partial charge in [-0.25, -0.2) is 0 Å². The molecule has 2 saturated heterocycles. The average Bonchev–Trinajstić information content (AvgIpc) is 2.95. The molecule has 0 aromatic heterocycles. The van der Waals surface area contributed by atoms with Crippen molar-refractivity contribution < 1.29 is 4.79 Å². The van der Waals surface area contributed by atoms with Crippen molar-refractivity contribution >= 4 is 5.91 Å². The van der Waals surface area contributed by atoms with E-state index in [2.05, 4.69) is 31.0 Å². The quantitative estimate of drug-likeness (QED) is 0.788. The molecular weight excluding hydrogens is 236 g/mol. The second kappa shape index (κ2) is 5.08. The third kappa shape index (κ3) is 2.31. The van der Waals surface area contributed by atoms with E-state index in [1.54, 1.807) is 0 Å². The van der Waals surface area contributed by atoms with E-state index in [1.807, 2.05) is 0 Å². The molecule has 0 aromatic rings. The molecule has 1 amide bonds. The molecule has 0 spiro atoms. The number of nitrogens with zero attached hydrogens (tertiary/aromatic N) is 1. The first-order chi connectivity index (χ1) is 9.08. The molecule has 6 unspecified atom stereocenters. The van der Waals surface area contributed by atoms with Crippen LogP contribution < -0.4 is 5.32 Å². The van der Waals surface area contributed by atoms with Crippen LogP contribution >= 0.6 is 0 Å². The summed E-state index contributed by atoms with van der Waals surface area (Å²) < 4.78 is 0. The summed E-state index contributed by atoms with van der Waals surface area (Å²) in [5.41, 5.74) is 0. The number of hydrogen-bond acceptors (Lipinski definition) is 2. The molecule has 1 N–H and O–H groups in total. The highest BCUT2D eigenvalue weighted by molar-refractivity contribution is 5.83. The van der Waals surface area contributed by atoms with Crippen LogP contribution in [-0.4, -0.2) is 36.0 Å². The fraction of sp³-hybridized carbons (Fsp3) is 0.938. The van der Waals surface area contributed by atoms with Crippen molar-refractivity contribution in [1.29, 1.82) is 0 Å². The maximum atomic E-state index is 12.9. The highest BCUT2D eigenvalue weighted by Crippen LogP contribution is 2.39. The highest BCUT2D eigenvalue weighted by Gasteiger charge is 2.45. The molecule has 1 saturated carbocycles. The number of likely N-dealkylation sites (tertiary alicyclic amines) is 1. The van der Waals surface area contributed by atoms with Gasteiger partial charge in [0.2, 0.25) is 5.91 Å². The first-order valence-corrected chi connectivity index (χ1v) is 8.11. The van der Waals surface area contributed by atoms with Crippen LogP contribution in [-0.2, 0) is 4.79 Å². The molecule has 3 heteroatoms. The van der Waals surface area contributed by atoms with Crippen LogP contribution in [0.2, 0.25) is 0 Å². The molecule has 108 valence electrons. The normalized spacial score (nSPS) is 46.4. The number of rotatable bonds is 1. The van der Waals surface area contributed by atoms with Crippen LogP contribution in [0.15, 0.2) is 0 Å². The van der Waals surface area contributed by atoms with Crippen molar-refractivity contribution in [2.45, 2.75) is 58.5 Å². The molecule has 19 heavy (non-hydrogen) atoms. The lowest BCUT2D eigenvalue weighted by atomic mass is 9.84. The lowest BCUT2D eigenvalue weighted by Gasteiger charge is -2.42. The summed E-state index contributed by atoms with van der Waals surface area (Å²) in [5, 5.41) is 3.51. The third-order valence-corrected chi connectivity index (χ3v) is 5.89. The minimum absolute atomic E-state index is 0.118. The van der Waals surface area contributed by atoms with Gasteiger partial charge in [0, 0.05) is 12.6 Å². The maximum Gasteiger partial charge on any atom is 0.240 e. The Morgan fingerprint density at radius 1 is 1.21 bits per heavy atom. The van der Waals surface area contributed by atoms with Crippen molar-refractivity contribution in [2.24, 2.45) is 23.7 Å². The number of nitrogens with one attached hydrogen (secondary N) is 1. The minimum atomic E-state index is 0.118. The van der Waals surface area contributed by atoms with Gasteiger partial charge in [0.15, 0.2) is 0 Å². The second-order valence-corrected chi connectivity index (χ2v) is 7.29. The van der Waals surface area contributed by atoms with Gasteiger partial charge in [-0.15, -0.1) is 0 Å². The van der Waals surface area contributed by atoms with E-state index < -0.39 is 0 Å². The smallest absolute Gasteiger partial charge is 0.240 e. The van der Waals surface area contributed by atoms with Crippen molar-refractivity contribution in [3.8, 4) is 0 Å². The Hall–Kier alpha value is -0.570. The third-order valence-electron chi connectivity index (χ3n) is 5.89. The number of amides is 1. The summed E-state index contributed by atoms with van der Waals surface area (Å²) in [6.45, 7) is 8.83. The van der Waals surface area contributed by atoms with Gasteiger partial charge in [-0.2, -0.15) is 0 Å². The van der Waals surface area contributed by atoms with Crippen molar-refractivity contribution in [3.63, 3.8) is 0 Å². The topological polar surface area (TPSA) is 32.3 Å². The zero-order valence-electron chi connectivity index (χ0n) is 12.6. The Kier molecular flexibility index (Phi) is 3.59. The zero-order valence-corrected chi connectivity index (χ0v) is 12.6. The summed E-state index contributed by atoms with van der Waals surface area (Å²) in [7, 11) is 0. The summed E-state index contributed by atoms with van der Waals surface area (Å²) in [6.07, 6.45) is 5.16. The molecule has 2 heterocycles. The zero-order chi connectivity index (χ0) is 13.6. The van der Waals surface area contributed by atoms with E-state index in [9.17, 15) is 4.79 Å². The molecule has 0 aromatic carbocycles. The predicted molar refractivity (Wildman–Crippen MR) is 76.7 cm³/mol. The Morgan fingerprint density at radius 2 is 2.00 bits per heavy atom. The number of piperidine rings is 1. The number of carbonyl (C=O) groups excluding carboxylic acids is 1. The van der Waals surface area contributed by atoms with E-state index in [0.717, 1.165) is 19.0 Å². The minimum Gasteiger partial charge on any atom is -0.338 e. The van der Waals surface area contributed by atoms with Crippen molar-refractivity contribution in [3.05, 3.63) is 0 Å². The molecule has 0 bridgehead atoms. The van der Waals surface area contributed by atoms with Crippen molar-refractivity contribution in [1.82, 2.24) is 10.2 Å². The van der Waals surface area contributed by atoms with Crippen LogP contribution in [0.5, 0.6) is 0 Å². The van der Waals surface area contributed by atoms with E-state index in [-0.39, 0.29) is 6.04 Å². The molecule has 1 aliphatic carbocycles. The van der Waals surface area contributed by atoms with Gasteiger partial charge in [0.25, 0.3) is 0 Å². The van der Waals surface area contributed by atoms with Gasteiger partial charge in [-0.1, -0.05) is 20.3 Å². The fourth-order valence-corrected chi connectivity index (χ4v) is 4.64. The molecule has 3 nitrogen and oxygen atoms in total. The Bertz CT molecular complexity index is 357. The summed E-state index contributed by atoms with van der Waals surface area (Å²) in [6, 6.07) is 0.526. The molecule has 6 atom stereocenters. The van der Waals surface area contributed by atoms with Crippen LogP contribution in [0.3, 0.4) is 0 Å².